The second-order valence-corrected chi connectivity index (χ2v) is 2.83. The minimum atomic E-state index is -1.83. The van der Waals surface area contributed by atoms with Gasteiger partial charge in [0.05, 0.1) is 11.4 Å². The van der Waals surface area contributed by atoms with E-state index in [4.69, 9.17) is 4.55 Å². The van der Waals surface area contributed by atoms with Crippen molar-refractivity contribution in [3.63, 3.8) is 0 Å². The summed E-state index contributed by atoms with van der Waals surface area (Å²) in [6.45, 7) is 1.73. The Labute approximate surface area is 60.5 Å². The fourth-order valence-corrected chi connectivity index (χ4v) is 1.00. The lowest BCUT2D eigenvalue weighted by molar-refractivity contribution is 0.392. The highest BCUT2D eigenvalue weighted by Crippen LogP contribution is 2.02. The molecule has 4 nitrogen and oxygen atoms in total. The van der Waals surface area contributed by atoms with Crippen LogP contribution in [-0.2, 0) is 16.8 Å². The van der Waals surface area contributed by atoms with Crippen molar-refractivity contribution >= 4 is 11.1 Å². The first-order chi connectivity index (χ1) is 4.68. The van der Waals surface area contributed by atoms with Crippen molar-refractivity contribution in [3.8, 4) is 0 Å². The summed E-state index contributed by atoms with van der Waals surface area (Å²) in [5.74, 6) is 0.692. The molecule has 1 heterocycles. The summed E-state index contributed by atoms with van der Waals surface area (Å²) in [6.07, 6.45) is 0. The molecule has 56 valence electrons. The number of nitrogens with zero attached hydrogens (tertiary/aromatic N) is 1. The van der Waals surface area contributed by atoms with E-state index in [1.54, 1.807) is 13.0 Å². The Morgan fingerprint density at radius 2 is 2.60 bits per heavy atom. The standard InChI is InChI=1S/C5H7NO3S/c1-4-2-5(6-9-4)3-10(7)8/h2H,3H2,1H3,(H,7,8). The molecule has 0 aliphatic heterocycles. The molecule has 10 heavy (non-hydrogen) atoms. The quantitative estimate of drug-likeness (QED) is 0.648. The smallest absolute Gasteiger partial charge is 0.159 e. The molecule has 5 heteroatoms. The second-order valence-electron chi connectivity index (χ2n) is 1.89. The van der Waals surface area contributed by atoms with Gasteiger partial charge in [0.1, 0.15) is 5.76 Å². The molecule has 0 bridgehead atoms. The molecule has 1 aromatic heterocycles. The molecule has 1 N–H and O–H groups in total. The zero-order valence-electron chi connectivity index (χ0n) is 5.40. The lowest BCUT2D eigenvalue weighted by atomic mass is 10.4. The lowest BCUT2D eigenvalue weighted by Gasteiger charge is -1.83. The highest BCUT2D eigenvalue weighted by molar-refractivity contribution is 7.78. The first kappa shape index (κ1) is 7.43. The van der Waals surface area contributed by atoms with Gasteiger partial charge in [-0.2, -0.15) is 0 Å². The van der Waals surface area contributed by atoms with Gasteiger partial charge in [0.2, 0.25) is 0 Å². The van der Waals surface area contributed by atoms with Gasteiger partial charge in [-0.3, -0.25) is 0 Å². The molecule has 0 aliphatic rings. The van der Waals surface area contributed by atoms with Crippen LogP contribution in [0.5, 0.6) is 0 Å². The Morgan fingerprint density at radius 1 is 1.90 bits per heavy atom. The average Bonchev–Trinajstić information content (AvgIpc) is 2.13. The Balaban J connectivity index is 2.67. The second kappa shape index (κ2) is 2.94. The molecule has 1 aromatic rings. The highest BCUT2D eigenvalue weighted by atomic mass is 32.2. The molecule has 0 fully saturated rings. The fraction of sp³-hybridized carbons (Fsp3) is 0.400. The van der Waals surface area contributed by atoms with E-state index < -0.39 is 11.1 Å². The number of hydrogen-bond acceptors (Lipinski definition) is 3. The molecular formula is C5H7NO3S. The van der Waals surface area contributed by atoms with E-state index in [-0.39, 0.29) is 5.75 Å². The van der Waals surface area contributed by atoms with Gasteiger partial charge in [-0.15, -0.1) is 0 Å². The summed E-state index contributed by atoms with van der Waals surface area (Å²) in [5.41, 5.74) is 0.512. The highest BCUT2D eigenvalue weighted by Gasteiger charge is 2.02. The fourth-order valence-electron chi connectivity index (χ4n) is 0.612. The maximum atomic E-state index is 10.2. The Morgan fingerprint density at radius 3 is 3.00 bits per heavy atom. The summed E-state index contributed by atoms with van der Waals surface area (Å²) in [6, 6.07) is 1.63. The third-order valence-corrected chi connectivity index (χ3v) is 1.49. The molecule has 1 atom stereocenters. The SMILES string of the molecule is Cc1cc(CS(=O)O)no1. The number of hydrogen-bond donors (Lipinski definition) is 1. The minimum absolute atomic E-state index is 0.0390. The van der Waals surface area contributed by atoms with E-state index in [2.05, 4.69) is 9.68 Å². The van der Waals surface area contributed by atoms with Crippen molar-refractivity contribution in [1.82, 2.24) is 5.16 Å². The molecule has 1 unspecified atom stereocenters. The van der Waals surface area contributed by atoms with Gasteiger partial charge in [-0.1, -0.05) is 5.16 Å². The summed E-state index contributed by atoms with van der Waals surface area (Å²) in [7, 11) is 0. The first-order valence-corrected chi connectivity index (χ1v) is 3.95. The molecule has 0 aromatic carbocycles. The third-order valence-electron chi connectivity index (χ3n) is 0.948. The maximum absolute atomic E-state index is 10.2. The third kappa shape index (κ3) is 1.93. The molecule has 0 aliphatic carbocycles. The van der Waals surface area contributed by atoms with Gasteiger partial charge in [-0.05, 0) is 6.92 Å². The predicted molar refractivity (Wildman–Crippen MR) is 35.7 cm³/mol. The van der Waals surface area contributed by atoms with Crippen LogP contribution in [0, 0.1) is 6.92 Å². The van der Waals surface area contributed by atoms with Crippen LogP contribution in [0.2, 0.25) is 0 Å². The lowest BCUT2D eigenvalue weighted by Crippen LogP contribution is -1.91. The van der Waals surface area contributed by atoms with Crippen molar-refractivity contribution in [2.75, 3.05) is 0 Å². The molecule has 0 spiro atoms. The van der Waals surface area contributed by atoms with E-state index in [1.165, 1.54) is 0 Å². The van der Waals surface area contributed by atoms with Crippen LogP contribution in [0.3, 0.4) is 0 Å². The van der Waals surface area contributed by atoms with Crippen LogP contribution in [0.1, 0.15) is 11.5 Å². The van der Waals surface area contributed by atoms with Crippen LogP contribution in [0.25, 0.3) is 0 Å². The van der Waals surface area contributed by atoms with E-state index in [1.807, 2.05) is 0 Å². The van der Waals surface area contributed by atoms with Gasteiger partial charge >= 0.3 is 0 Å². The van der Waals surface area contributed by atoms with E-state index in [0.717, 1.165) is 0 Å². The molecular weight excluding hydrogens is 154 g/mol. The maximum Gasteiger partial charge on any atom is 0.159 e. The largest absolute Gasteiger partial charge is 0.361 e. The van der Waals surface area contributed by atoms with Gasteiger partial charge in [-0.25, -0.2) is 4.21 Å². The van der Waals surface area contributed by atoms with Crippen LogP contribution >= 0.6 is 0 Å². The van der Waals surface area contributed by atoms with Crippen molar-refractivity contribution in [2.45, 2.75) is 12.7 Å². The summed E-state index contributed by atoms with van der Waals surface area (Å²) >= 11 is -1.83. The Kier molecular flexibility index (Phi) is 2.18. The van der Waals surface area contributed by atoms with Crippen LogP contribution in [-0.4, -0.2) is 13.9 Å². The number of rotatable bonds is 2. The summed E-state index contributed by atoms with van der Waals surface area (Å²) < 4.78 is 23.3. The van der Waals surface area contributed by atoms with Crippen molar-refractivity contribution < 1.29 is 13.3 Å². The van der Waals surface area contributed by atoms with Gasteiger partial charge in [0.15, 0.2) is 11.1 Å². The average molecular weight is 161 g/mol. The van der Waals surface area contributed by atoms with Gasteiger partial charge < -0.3 is 9.08 Å². The molecule has 0 saturated carbocycles. The predicted octanol–water partition coefficient (Wildman–Crippen LogP) is 0.705. The van der Waals surface area contributed by atoms with E-state index in [9.17, 15) is 4.21 Å². The van der Waals surface area contributed by atoms with Gasteiger partial charge in [0.25, 0.3) is 0 Å². The molecule has 1 rings (SSSR count). The number of aryl methyl sites for hydroxylation is 1. The zero-order valence-corrected chi connectivity index (χ0v) is 6.22. The number of aromatic nitrogens is 1. The van der Waals surface area contributed by atoms with E-state index in [0.29, 0.717) is 11.5 Å². The minimum Gasteiger partial charge on any atom is -0.361 e. The summed E-state index contributed by atoms with van der Waals surface area (Å²) in [4.78, 5) is 0. The Bertz CT molecular complexity index is 245. The zero-order chi connectivity index (χ0) is 7.56. The van der Waals surface area contributed by atoms with Gasteiger partial charge in [0, 0.05) is 6.07 Å². The monoisotopic (exact) mass is 161 g/mol. The van der Waals surface area contributed by atoms with Crippen molar-refractivity contribution in [3.05, 3.63) is 17.5 Å². The normalized spacial score (nSPS) is 13.4. The van der Waals surface area contributed by atoms with Crippen molar-refractivity contribution in [1.29, 1.82) is 0 Å². The van der Waals surface area contributed by atoms with Crippen LogP contribution in [0.4, 0.5) is 0 Å². The van der Waals surface area contributed by atoms with Crippen LogP contribution < -0.4 is 0 Å². The molecule has 0 amide bonds. The Hall–Kier alpha value is -0.680. The molecule has 0 radical (unpaired) electrons. The first-order valence-electron chi connectivity index (χ1n) is 2.68. The van der Waals surface area contributed by atoms with Crippen LogP contribution in [0.15, 0.2) is 10.6 Å². The topological polar surface area (TPSA) is 63.3 Å². The molecule has 0 saturated heterocycles. The summed E-state index contributed by atoms with van der Waals surface area (Å²) in [5, 5.41) is 3.53. The van der Waals surface area contributed by atoms with Crippen molar-refractivity contribution in [2.24, 2.45) is 0 Å². The van der Waals surface area contributed by atoms with E-state index >= 15 is 0 Å².